The van der Waals surface area contributed by atoms with Crippen molar-refractivity contribution in [2.24, 2.45) is 0 Å². The second-order valence-electron chi connectivity index (χ2n) is 4.48. The van der Waals surface area contributed by atoms with E-state index in [9.17, 15) is 9.59 Å². The Morgan fingerprint density at radius 3 is 2.41 bits per heavy atom. The average Bonchev–Trinajstić information content (AvgIpc) is 2.51. The monoisotopic (exact) mass is 299 g/mol. The van der Waals surface area contributed by atoms with Crippen LogP contribution in [0.4, 0.5) is 0 Å². The maximum absolute atomic E-state index is 11.4. The Kier molecular flexibility index (Phi) is 9.70. The first-order valence-corrected chi connectivity index (χ1v) is 6.81. The van der Waals surface area contributed by atoms with E-state index in [1.54, 1.807) is 50.3 Å². The topological polar surface area (TPSA) is 67.2 Å². The van der Waals surface area contributed by atoms with Gasteiger partial charge in [0.05, 0.1) is 25.2 Å². The molecule has 22 heavy (non-hydrogen) atoms. The van der Waals surface area contributed by atoms with Gasteiger partial charge in [-0.05, 0) is 32.4 Å². The minimum Gasteiger partial charge on any atom is -0.465 e. The van der Waals surface area contributed by atoms with E-state index in [4.69, 9.17) is 5.26 Å². The van der Waals surface area contributed by atoms with E-state index in [1.807, 2.05) is 19.1 Å². The van der Waals surface area contributed by atoms with Crippen molar-refractivity contribution in [2.45, 2.75) is 27.2 Å². The molecule has 0 fully saturated rings. The first-order chi connectivity index (χ1) is 10.5. The molecule has 0 aliphatic carbocycles. The van der Waals surface area contributed by atoms with E-state index in [-0.39, 0.29) is 18.2 Å². The summed E-state index contributed by atoms with van der Waals surface area (Å²) in [5.74, 6) is -0.552. The van der Waals surface area contributed by atoms with Gasteiger partial charge in [-0.15, -0.1) is 0 Å². The van der Waals surface area contributed by atoms with Crippen LogP contribution in [0, 0.1) is 11.3 Å². The molecule has 0 saturated heterocycles. The fraction of sp³-hybridized carbons (Fsp3) is 0.278. The molecular formula is C18H21NO3. The Bertz CT molecular complexity index is 596. The molecule has 0 amide bonds. The maximum atomic E-state index is 11.4. The highest BCUT2D eigenvalue weighted by molar-refractivity contribution is 5.96. The number of ketones is 1. The zero-order valence-electron chi connectivity index (χ0n) is 13.4. The van der Waals surface area contributed by atoms with Gasteiger partial charge in [0.25, 0.3) is 0 Å². The van der Waals surface area contributed by atoms with Crippen molar-refractivity contribution < 1.29 is 14.3 Å². The first kappa shape index (κ1) is 19.3. The Balaban J connectivity index is 4.71. The van der Waals surface area contributed by atoms with E-state index in [2.05, 4.69) is 4.74 Å². The predicted octanol–water partition coefficient (Wildman–Crippen LogP) is 3.59. The van der Waals surface area contributed by atoms with Crippen molar-refractivity contribution in [1.29, 1.82) is 5.26 Å². The van der Waals surface area contributed by atoms with Gasteiger partial charge in [-0.3, -0.25) is 4.79 Å². The van der Waals surface area contributed by atoms with Crippen LogP contribution < -0.4 is 0 Å². The Hall–Kier alpha value is -2.67. The molecule has 0 N–H and O–H groups in total. The molecule has 4 nitrogen and oxygen atoms in total. The lowest BCUT2D eigenvalue weighted by Gasteiger charge is -1.99. The SMILES string of the molecule is C\C=C(/C=C(C)/C=C/C=C/C=C(\C)C(=O)CC#N)C(=O)OC. The number of rotatable bonds is 7. The number of ether oxygens (including phenoxy) is 1. The van der Waals surface area contributed by atoms with Crippen LogP contribution in [0.5, 0.6) is 0 Å². The van der Waals surface area contributed by atoms with Crippen LogP contribution in [0.15, 0.2) is 59.3 Å². The van der Waals surface area contributed by atoms with E-state index in [0.29, 0.717) is 11.1 Å². The van der Waals surface area contributed by atoms with Crippen LogP contribution in [0.3, 0.4) is 0 Å². The summed E-state index contributed by atoms with van der Waals surface area (Å²) >= 11 is 0. The normalized spacial score (nSPS) is 13.5. The van der Waals surface area contributed by atoms with Crippen molar-refractivity contribution in [3.05, 3.63) is 59.3 Å². The van der Waals surface area contributed by atoms with Crippen LogP contribution in [-0.4, -0.2) is 18.9 Å². The second kappa shape index (κ2) is 11.0. The summed E-state index contributed by atoms with van der Waals surface area (Å²) in [6.45, 7) is 5.31. The van der Waals surface area contributed by atoms with Crippen LogP contribution in [0.25, 0.3) is 0 Å². The third kappa shape index (κ3) is 7.81. The molecule has 0 spiro atoms. The zero-order valence-corrected chi connectivity index (χ0v) is 13.4. The highest BCUT2D eigenvalue weighted by Crippen LogP contribution is 2.06. The lowest BCUT2D eigenvalue weighted by molar-refractivity contribution is -0.135. The van der Waals surface area contributed by atoms with Crippen LogP contribution in [-0.2, 0) is 14.3 Å². The third-order valence-electron chi connectivity index (χ3n) is 2.72. The molecule has 0 heterocycles. The van der Waals surface area contributed by atoms with Gasteiger partial charge in [0.2, 0.25) is 0 Å². The number of hydrogen-bond donors (Lipinski definition) is 0. The van der Waals surface area contributed by atoms with E-state index in [1.165, 1.54) is 7.11 Å². The number of allylic oxidation sites excluding steroid dienone is 8. The molecule has 0 saturated carbocycles. The largest absolute Gasteiger partial charge is 0.465 e. The molecule has 116 valence electrons. The van der Waals surface area contributed by atoms with Gasteiger partial charge in [-0.2, -0.15) is 5.26 Å². The zero-order chi connectivity index (χ0) is 17.0. The maximum Gasteiger partial charge on any atom is 0.337 e. The smallest absolute Gasteiger partial charge is 0.337 e. The number of carbonyl (C=O) groups is 2. The Morgan fingerprint density at radius 1 is 1.18 bits per heavy atom. The minimum absolute atomic E-state index is 0.104. The number of nitrogens with zero attached hydrogens (tertiary/aromatic N) is 1. The Morgan fingerprint density at radius 2 is 1.86 bits per heavy atom. The summed E-state index contributed by atoms with van der Waals surface area (Å²) in [6, 6.07) is 1.82. The molecule has 0 rings (SSSR count). The molecule has 0 aromatic heterocycles. The lowest BCUT2D eigenvalue weighted by atomic mass is 10.1. The summed E-state index contributed by atoms with van der Waals surface area (Å²) in [6.07, 6.45) is 12.1. The van der Waals surface area contributed by atoms with Gasteiger partial charge in [0.1, 0.15) is 0 Å². The molecule has 4 heteroatoms. The van der Waals surface area contributed by atoms with Gasteiger partial charge in [-0.25, -0.2) is 4.79 Å². The lowest BCUT2D eigenvalue weighted by Crippen LogP contribution is -2.02. The number of Topliss-reactive ketones (excluding diaryl/α,β-unsaturated/α-hetero) is 1. The van der Waals surface area contributed by atoms with Crippen molar-refractivity contribution in [3.63, 3.8) is 0 Å². The summed E-state index contributed by atoms with van der Waals surface area (Å²) in [7, 11) is 1.34. The van der Waals surface area contributed by atoms with Crippen LogP contribution in [0.1, 0.15) is 27.2 Å². The highest BCUT2D eigenvalue weighted by atomic mass is 16.5. The average molecular weight is 299 g/mol. The van der Waals surface area contributed by atoms with Crippen molar-refractivity contribution in [1.82, 2.24) is 0 Å². The summed E-state index contributed by atoms with van der Waals surface area (Å²) in [5.41, 5.74) is 1.93. The molecule has 0 aliphatic rings. The quantitative estimate of drug-likeness (QED) is 0.409. The molecular weight excluding hydrogens is 278 g/mol. The number of hydrogen-bond acceptors (Lipinski definition) is 4. The van der Waals surface area contributed by atoms with Gasteiger partial charge in [0, 0.05) is 0 Å². The fourth-order valence-electron chi connectivity index (χ4n) is 1.45. The molecule has 0 aromatic carbocycles. The number of esters is 1. The summed E-state index contributed by atoms with van der Waals surface area (Å²) in [5, 5.41) is 8.43. The highest BCUT2D eigenvalue weighted by Gasteiger charge is 2.04. The van der Waals surface area contributed by atoms with Crippen molar-refractivity contribution in [3.8, 4) is 6.07 Å². The van der Waals surface area contributed by atoms with Crippen molar-refractivity contribution >= 4 is 11.8 Å². The minimum atomic E-state index is -0.375. The number of methoxy groups -OCH3 is 1. The van der Waals surface area contributed by atoms with Crippen LogP contribution in [0.2, 0.25) is 0 Å². The van der Waals surface area contributed by atoms with Crippen molar-refractivity contribution in [2.75, 3.05) is 7.11 Å². The standard InChI is InChI=1S/C18H21NO3/c1-5-16(18(21)22-4)13-14(2)9-7-6-8-10-15(3)17(20)11-12-19/h5-10,13H,11H2,1-4H3/b8-6+,9-7+,14-13+,15-10+,16-5+. The van der Waals surface area contributed by atoms with Gasteiger partial charge in [0.15, 0.2) is 5.78 Å². The van der Waals surface area contributed by atoms with Gasteiger partial charge >= 0.3 is 5.97 Å². The van der Waals surface area contributed by atoms with E-state index < -0.39 is 0 Å². The molecule has 0 aliphatic heterocycles. The second-order valence-corrected chi connectivity index (χ2v) is 4.48. The number of nitriles is 1. The Labute approximate surface area is 131 Å². The predicted molar refractivity (Wildman–Crippen MR) is 86.8 cm³/mol. The fourth-order valence-corrected chi connectivity index (χ4v) is 1.45. The van der Waals surface area contributed by atoms with Gasteiger partial charge < -0.3 is 4.74 Å². The molecule has 0 unspecified atom stereocenters. The molecule has 0 aromatic rings. The summed E-state index contributed by atoms with van der Waals surface area (Å²) < 4.78 is 4.66. The summed E-state index contributed by atoms with van der Waals surface area (Å²) in [4.78, 5) is 22.8. The first-order valence-electron chi connectivity index (χ1n) is 6.81. The van der Waals surface area contributed by atoms with Gasteiger partial charge in [-0.1, -0.05) is 42.0 Å². The van der Waals surface area contributed by atoms with Crippen LogP contribution >= 0.6 is 0 Å². The molecule has 0 radical (unpaired) electrons. The van der Waals surface area contributed by atoms with E-state index in [0.717, 1.165) is 5.57 Å². The molecule has 0 bridgehead atoms. The molecule has 0 atom stereocenters. The van der Waals surface area contributed by atoms with E-state index >= 15 is 0 Å². The number of carbonyl (C=O) groups excluding carboxylic acids is 2. The third-order valence-corrected chi connectivity index (χ3v) is 2.72.